The number of aromatic nitrogens is 5. The molecule has 3 N–H and O–H groups in total. The Balaban J connectivity index is 1.57. The van der Waals surface area contributed by atoms with E-state index in [2.05, 4.69) is 37.4 Å². The number of thiazole rings is 1. The van der Waals surface area contributed by atoms with Gasteiger partial charge in [0.05, 0.1) is 22.1 Å². The van der Waals surface area contributed by atoms with Gasteiger partial charge in [-0.3, -0.25) is 5.10 Å². The molecule has 4 aromatic rings. The number of pyridine rings is 1. The van der Waals surface area contributed by atoms with E-state index in [1.54, 1.807) is 17.5 Å². The van der Waals surface area contributed by atoms with Crippen LogP contribution in [0.5, 0.6) is 0 Å². The highest BCUT2D eigenvalue weighted by Crippen LogP contribution is 2.33. The van der Waals surface area contributed by atoms with Gasteiger partial charge in [-0.25, -0.2) is 9.97 Å². The maximum absolute atomic E-state index is 6.38. The van der Waals surface area contributed by atoms with E-state index in [-0.39, 0.29) is 6.04 Å². The Labute approximate surface area is 164 Å². The minimum Gasteiger partial charge on any atom is -0.355 e. The van der Waals surface area contributed by atoms with Crippen LogP contribution < -0.4 is 5.32 Å². The van der Waals surface area contributed by atoms with Crippen molar-refractivity contribution in [3.05, 3.63) is 57.0 Å². The number of fused-ring (bicyclic) bond motifs is 1. The molecule has 0 amide bonds. The van der Waals surface area contributed by atoms with E-state index in [1.165, 1.54) is 0 Å². The lowest BCUT2D eigenvalue weighted by Crippen LogP contribution is -2.08. The summed E-state index contributed by atoms with van der Waals surface area (Å²) in [7, 11) is 0. The van der Waals surface area contributed by atoms with Crippen molar-refractivity contribution in [3.8, 4) is 0 Å². The van der Waals surface area contributed by atoms with E-state index in [4.69, 9.17) is 23.2 Å². The molecule has 0 saturated carbocycles. The van der Waals surface area contributed by atoms with Crippen molar-refractivity contribution < 1.29 is 0 Å². The molecule has 0 aliphatic heterocycles. The molecule has 0 saturated heterocycles. The van der Waals surface area contributed by atoms with Crippen LogP contribution in [0, 0.1) is 0 Å². The second kappa shape index (κ2) is 7.26. The largest absolute Gasteiger partial charge is 0.355 e. The van der Waals surface area contributed by atoms with Gasteiger partial charge in [-0.2, -0.15) is 5.10 Å². The fourth-order valence-electron chi connectivity index (χ4n) is 2.88. The molecule has 26 heavy (non-hydrogen) atoms. The van der Waals surface area contributed by atoms with Gasteiger partial charge in [-0.05, 0) is 18.1 Å². The smallest absolute Gasteiger partial charge is 0.184 e. The number of aromatic amines is 2. The lowest BCUT2D eigenvalue weighted by atomic mass is 10.1. The van der Waals surface area contributed by atoms with Crippen LogP contribution in [-0.4, -0.2) is 25.1 Å². The van der Waals surface area contributed by atoms with Gasteiger partial charge in [0, 0.05) is 36.0 Å². The minimum absolute atomic E-state index is 0.139. The van der Waals surface area contributed by atoms with Crippen LogP contribution in [0.15, 0.2) is 30.9 Å². The zero-order valence-corrected chi connectivity index (χ0v) is 16.2. The average Bonchev–Trinajstić information content (AvgIpc) is 3.35. The molecular formula is C17H16Cl2N6S. The zero-order chi connectivity index (χ0) is 18.1. The molecule has 4 heterocycles. The number of rotatable bonds is 6. The molecule has 9 heteroatoms. The van der Waals surface area contributed by atoms with Gasteiger partial charge in [-0.15, -0.1) is 11.3 Å². The van der Waals surface area contributed by atoms with Crippen LogP contribution in [0.25, 0.3) is 11.0 Å². The molecule has 134 valence electrons. The van der Waals surface area contributed by atoms with E-state index in [9.17, 15) is 0 Å². The number of hydrogen-bond acceptors (Lipinski definition) is 5. The quantitative estimate of drug-likeness (QED) is 0.410. The van der Waals surface area contributed by atoms with Gasteiger partial charge >= 0.3 is 0 Å². The average molecular weight is 407 g/mol. The van der Waals surface area contributed by atoms with Crippen molar-refractivity contribution >= 4 is 50.7 Å². The van der Waals surface area contributed by atoms with Gasteiger partial charge in [0.1, 0.15) is 10.8 Å². The molecule has 0 aromatic carbocycles. The maximum Gasteiger partial charge on any atom is 0.184 e. The third-order valence-electron chi connectivity index (χ3n) is 4.21. The Hall–Kier alpha value is -2.09. The highest BCUT2D eigenvalue weighted by molar-refractivity contribution is 7.16. The number of nitrogens with zero attached hydrogens (tertiary/aromatic N) is 3. The van der Waals surface area contributed by atoms with Crippen LogP contribution in [0.1, 0.15) is 35.4 Å². The Morgan fingerprint density at radius 1 is 1.27 bits per heavy atom. The normalized spacial score (nSPS) is 12.6. The predicted molar refractivity (Wildman–Crippen MR) is 106 cm³/mol. The molecule has 0 aliphatic carbocycles. The maximum atomic E-state index is 6.38. The summed E-state index contributed by atoms with van der Waals surface area (Å²) in [5, 5.41) is 13.2. The Kier molecular flexibility index (Phi) is 4.84. The van der Waals surface area contributed by atoms with Gasteiger partial charge in [0.25, 0.3) is 0 Å². The van der Waals surface area contributed by atoms with Crippen molar-refractivity contribution in [1.29, 1.82) is 0 Å². The SMILES string of the molecule is CCC(Nc1nc(Cl)c(Cc2c[nH]c3ncc(Cl)cc23)s1)c1cn[nH]c1. The topological polar surface area (TPSA) is 82.3 Å². The van der Waals surface area contributed by atoms with Crippen molar-refractivity contribution in [2.75, 3.05) is 5.32 Å². The Bertz CT molecular complexity index is 1020. The van der Waals surface area contributed by atoms with Gasteiger partial charge in [-0.1, -0.05) is 30.1 Å². The number of H-pyrrole nitrogens is 2. The van der Waals surface area contributed by atoms with E-state index < -0.39 is 0 Å². The highest BCUT2D eigenvalue weighted by atomic mass is 35.5. The molecule has 0 radical (unpaired) electrons. The minimum atomic E-state index is 0.139. The molecule has 6 nitrogen and oxygen atoms in total. The summed E-state index contributed by atoms with van der Waals surface area (Å²) >= 11 is 14.0. The highest BCUT2D eigenvalue weighted by Gasteiger charge is 2.16. The summed E-state index contributed by atoms with van der Waals surface area (Å²) in [6.07, 6.45) is 8.87. The first kappa shape index (κ1) is 17.3. The Morgan fingerprint density at radius 3 is 2.92 bits per heavy atom. The van der Waals surface area contributed by atoms with Crippen LogP contribution in [0.3, 0.4) is 0 Å². The molecule has 4 aromatic heterocycles. The fourth-order valence-corrected chi connectivity index (χ4v) is 4.28. The van der Waals surface area contributed by atoms with E-state index in [1.807, 2.05) is 24.7 Å². The van der Waals surface area contributed by atoms with Gasteiger partial charge in [0.15, 0.2) is 5.13 Å². The number of halogens is 2. The van der Waals surface area contributed by atoms with E-state index in [0.717, 1.165) is 38.6 Å². The standard InChI is InChI=1S/C17H16Cl2N6S/c1-2-13(10-6-22-23-7-10)24-17-25-15(19)14(26-17)3-9-5-20-16-12(9)4-11(18)8-21-16/h4-8,13H,2-3H2,1H3,(H,20,21)(H,22,23)(H,24,25). The second-order valence-corrected chi connectivity index (χ2v) is 7.79. The second-order valence-electron chi connectivity index (χ2n) is 5.91. The van der Waals surface area contributed by atoms with Crippen LogP contribution in [-0.2, 0) is 6.42 Å². The van der Waals surface area contributed by atoms with Gasteiger partial charge < -0.3 is 10.3 Å². The van der Waals surface area contributed by atoms with E-state index in [0.29, 0.717) is 16.6 Å². The molecule has 0 bridgehead atoms. The van der Waals surface area contributed by atoms with Crippen LogP contribution in [0.4, 0.5) is 5.13 Å². The van der Waals surface area contributed by atoms with Crippen molar-refractivity contribution in [2.45, 2.75) is 25.8 Å². The molecule has 1 atom stereocenters. The van der Waals surface area contributed by atoms with E-state index >= 15 is 0 Å². The first-order valence-electron chi connectivity index (χ1n) is 8.16. The summed E-state index contributed by atoms with van der Waals surface area (Å²) in [5.74, 6) is 0. The van der Waals surface area contributed by atoms with Crippen molar-refractivity contribution in [3.63, 3.8) is 0 Å². The first-order chi connectivity index (χ1) is 12.6. The molecule has 0 fully saturated rings. The summed E-state index contributed by atoms with van der Waals surface area (Å²) in [6.45, 7) is 2.11. The Morgan fingerprint density at radius 2 is 2.15 bits per heavy atom. The molecule has 4 rings (SSSR count). The van der Waals surface area contributed by atoms with Crippen molar-refractivity contribution in [1.82, 2.24) is 25.1 Å². The fraction of sp³-hybridized carbons (Fsp3) is 0.235. The lowest BCUT2D eigenvalue weighted by Gasteiger charge is -2.13. The molecule has 1 unspecified atom stereocenters. The molecule has 0 spiro atoms. The third kappa shape index (κ3) is 3.42. The zero-order valence-electron chi connectivity index (χ0n) is 13.9. The number of anilines is 1. The number of nitrogens with one attached hydrogen (secondary N) is 3. The van der Waals surface area contributed by atoms with Gasteiger partial charge in [0.2, 0.25) is 0 Å². The van der Waals surface area contributed by atoms with Crippen LogP contribution in [0.2, 0.25) is 10.2 Å². The third-order valence-corrected chi connectivity index (χ3v) is 5.83. The predicted octanol–water partition coefficient (Wildman–Crippen LogP) is 5.20. The molecule has 0 aliphatic rings. The summed E-state index contributed by atoms with van der Waals surface area (Å²) < 4.78 is 0. The van der Waals surface area contributed by atoms with Crippen molar-refractivity contribution in [2.24, 2.45) is 0 Å². The van der Waals surface area contributed by atoms with Crippen LogP contribution >= 0.6 is 34.5 Å². The summed E-state index contributed by atoms with van der Waals surface area (Å²) in [4.78, 5) is 12.9. The monoisotopic (exact) mass is 406 g/mol. The summed E-state index contributed by atoms with van der Waals surface area (Å²) in [6, 6.07) is 2.05. The molecular weight excluding hydrogens is 391 g/mol. The first-order valence-corrected chi connectivity index (χ1v) is 9.73. The summed E-state index contributed by atoms with van der Waals surface area (Å²) in [5.41, 5.74) is 3.00. The number of hydrogen-bond donors (Lipinski definition) is 3. The lowest BCUT2D eigenvalue weighted by molar-refractivity contribution is 0.749.